The van der Waals surface area contributed by atoms with Crippen LogP contribution in [0.2, 0.25) is 0 Å². The van der Waals surface area contributed by atoms with E-state index in [0.717, 1.165) is 4.90 Å². The summed E-state index contributed by atoms with van der Waals surface area (Å²) < 4.78 is 27.5. The van der Waals surface area contributed by atoms with E-state index in [0.29, 0.717) is 34.4 Å². The van der Waals surface area contributed by atoms with E-state index < -0.39 is 6.42 Å². The van der Waals surface area contributed by atoms with E-state index in [-0.39, 0.29) is 17.5 Å². The quantitative estimate of drug-likeness (QED) is 0.368. The van der Waals surface area contributed by atoms with Crippen LogP contribution in [0.25, 0.3) is 40.5 Å². The molecular weight excluding hydrogens is 391 g/mol. The fraction of sp³-hybridized carbons (Fsp3) is 0.105. The number of aryl methyl sites for hydroxylation is 1. The Balaban J connectivity index is 1.54. The summed E-state index contributed by atoms with van der Waals surface area (Å²) in [7, 11) is 0. The number of benzene rings is 1. The molecule has 10 nitrogen and oxygen atoms in total. The molecule has 0 saturated carbocycles. The minimum Gasteiger partial charge on any atom is -0.456 e. The first kappa shape index (κ1) is 16.5. The van der Waals surface area contributed by atoms with Crippen molar-refractivity contribution in [2.75, 3.05) is 4.90 Å². The molecule has 0 aliphatic carbocycles. The molecule has 6 rings (SSSR count). The van der Waals surface area contributed by atoms with Gasteiger partial charge in [0.25, 0.3) is 12.3 Å². The van der Waals surface area contributed by atoms with Crippen LogP contribution in [0.3, 0.4) is 0 Å². The molecule has 30 heavy (non-hydrogen) atoms. The molecule has 0 fully saturated rings. The Morgan fingerprint density at radius 1 is 1.13 bits per heavy atom. The normalized spacial score (nSPS) is 16.7. The van der Waals surface area contributed by atoms with Crippen LogP contribution in [0.4, 0.5) is 10.1 Å². The zero-order valence-corrected chi connectivity index (χ0v) is 15.4. The summed E-state index contributed by atoms with van der Waals surface area (Å²) in [6.45, 7) is 1.81. The summed E-state index contributed by atoms with van der Waals surface area (Å²) in [4.78, 5) is 6.67. The number of alkyl halides is 1. The molecule has 1 aromatic carbocycles. The number of para-hydroxylation sites is 1. The maximum atomic E-state index is 15.0. The third-order valence-corrected chi connectivity index (χ3v) is 4.93. The van der Waals surface area contributed by atoms with Gasteiger partial charge in [0.2, 0.25) is 11.6 Å². The second kappa shape index (κ2) is 5.77. The lowest BCUT2D eigenvalue weighted by Gasteiger charge is -2.31. The number of nitriles is 1. The van der Waals surface area contributed by atoms with Gasteiger partial charge >= 0.3 is 0 Å². The van der Waals surface area contributed by atoms with Crippen molar-refractivity contribution in [1.82, 2.24) is 29.8 Å². The minimum absolute atomic E-state index is 0.156. The lowest BCUT2D eigenvalue weighted by molar-refractivity contribution is 0.209. The number of rotatable bonds is 2. The number of hydrogen-bond acceptors (Lipinski definition) is 9. The zero-order chi connectivity index (χ0) is 20.4. The Bertz CT molecular complexity index is 1380. The van der Waals surface area contributed by atoms with Gasteiger partial charge in [0.15, 0.2) is 17.8 Å². The summed E-state index contributed by atoms with van der Waals surface area (Å²) in [6.07, 6.45) is 1.54. The molecule has 0 amide bonds. The van der Waals surface area contributed by atoms with Crippen LogP contribution >= 0.6 is 0 Å². The third-order valence-electron chi connectivity index (χ3n) is 4.93. The molecule has 2 aliphatic heterocycles. The van der Waals surface area contributed by atoms with Gasteiger partial charge in [-0.2, -0.15) is 14.6 Å². The number of nitrogens with zero attached hydrogens (tertiary/aromatic N) is 8. The standard InChI is InChI=1S/C19H11FN8O2/c1-10-6-7-13(29-10)18-22-15(25-30-18)17-24-23-16-11-4-2-3-5-12(11)27-14(28(16)17)8-26(9-21)19(27)20/h2-8,19H,1H3. The van der Waals surface area contributed by atoms with Gasteiger partial charge in [-0.25, -0.2) is 4.90 Å². The molecule has 1 unspecified atom stereocenters. The molecule has 0 spiro atoms. The summed E-state index contributed by atoms with van der Waals surface area (Å²) in [5, 5.41) is 21.8. The Kier molecular flexibility index (Phi) is 3.17. The Morgan fingerprint density at radius 2 is 1.97 bits per heavy atom. The van der Waals surface area contributed by atoms with E-state index in [1.54, 1.807) is 28.8 Å². The minimum atomic E-state index is -1.69. The smallest absolute Gasteiger partial charge is 0.294 e. The molecule has 4 aromatic rings. The molecule has 5 heterocycles. The molecule has 0 saturated heterocycles. The van der Waals surface area contributed by atoms with Crippen molar-refractivity contribution in [2.24, 2.45) is 0 Å². The molecule has 0 bridgehead atoms. The molecule has 3 aromatic heterocycles. The first-order chi connectivity index (χ1) is 14.7. The number of anilines is 1. The van der Waals surface area contributed by atoms with Crippen molar-refractivity contribution >= 4 is 11.5 Å². The number of aromatic nitrogens is 5. The van der Waals surface area contributed by atoms with Crippen LogP contribution in [-0.4, -0.2) is 36.2 Å². The van der Waals surface area contributed by atoms with Crippen LogP contribution < -0.4 is 4.90 Å². The highest BCUT2D eigenvalue weighted by molar-refractivity contribution is 5.90. The average Bonchev–Trinajstić information content (AvgIpc) is 3.53. The van der Waals surface area contributed by atoms with Gasteiger partial charge in [-0.15, -0.1) is 10.2 Å². The van der Waals surface area contributed by atoms with Crippen LogP contribution in [0.15, 0.2) is 51.5 Å². The summed E-state index contributed by atoms with van der Waals surface area (Å²) in [5.74, 6) is 2.58. The highest BCUT2D eigenvalue weighted by Crippen LogP contribution is 2.45. The predicted octanol–water partition coefficient (Wildman–Crippen LogP) is 3.19. The van der Waals surface area contributed by atoms with Crippen molar-refractivity contribution in [2.45, 2.75) is 13.3 Å². The van der Waals surface area contributed by atoms with Crippen LogP contribution in [0.5, 0.6) is 0 Å². The molecular formula is C19H11FN8O2. The van der Waals surface area contributed by atoms with Crippen LogP contribution in [0.1, 0.15) is 5.76 Å². The van der Waals surface area contributed by atoms with Gasteiger partial charge in [-0.1, -0.05) is 17.3 Å². The number of hydrogen-bond donors (Lipinski definition) is 0. The van der Waals surface area contributed by atoms with E-state index in [2.05, 4.69) is 20.3 Å². The van der Waals surface area contributed by atoms with Gasteiger partial charge in [0.05, 0.1) is 11.9 Å². The third kappa shape index (κ3) is 2.10. The monoisotopic (exact) mass is 402 g/mol. The molecule has 2 aliphatic rings. The number of furan rings is 1. The van der Waals surface area contributed by atoms with E-state index in [1.165, 1.54) is 11.1 Å². The Hall–Kier alpha value is -4.46. The number of fused-ring (bicyclic) bond motifs is 6. The van der Waals surface area contributed by atoms with E-state index in [4.69, 9.17) is 8.94 Å². The largest absolute Gasteiger partial charge is 0.456 e. The van der Waals surface area contributed by atoms with Crippen molar-refractivity contribution < 1.29 is 13.3 Å². The van der Waals surface area contributed by atoms with Crippen molar-refractivity contribution in [3.63, 3.8) is 0 Å². The summed E-state index contributed by atoms with van der Waals surface area (Å²) >= 11 is 0. The van der Waals surface area contributed by atoms with Gasteiger partial charge in [0, 0.05) is 5.56 Å². The SMILES string of the molecule is Cc1ccc(-c2nc(-c3nnc4n3C3=CN(C#N)C(F)N3c3ccccc3-4)no2)o1. The van der Waals surface area contributed by atoms with Gasteiger partial charge < -0.3 is 8.94 Å². The molecule has 0 N–H and O–H groups in total. The highest BCUT2D eigenvalue weighted by Gasteiger charge is 2.42. The van der Waals surface area contributed by atoms with Gasteiger partial charge in [-0.05, 0) is 31.2 Å². The van der Waals surface area contributed by atoms with Gasteiger partial charge in [0.1, 0.15) is 11.6 Å². The number of halogens is 1. The highest BCUT2D eigenvalue weighted by atomic mass is 19.1. The fourth-order valence-corrected chi connectivity index (χ4v) is 3.62. The summed E-state index contributed by atoms with van der Waals surface area (Å²) in [6, 6.07) is 10.7. The first-order valence-electron chi connectivity index (χ1n) is 8.95. The van der Waals surface area contributed by atoms with E-state index in [1.807, 2.05) is 25.2 Å². The molecule has 1 atom stereocenters. The molecule has 0 radical (unpaired) electrons. The second-order valence-corrected chi connectivity index (χ2v) is 6.71. The Morgan fingerprint density at radius 3 is 2.77 bits per heavy atom. The fourth-order valence-electron chi connectivity index (χ4n) is 3.62. The molecule has 146 valence electrons. The first-order valence-corrected chi connectivity index (χ1v) is 8.95. The zero-order valence-electron chi connectivity index (χ0n) is 15.4. The summed E-state index contributed by atoms with van der Waals surface area (Å²) in [5.41, 5.74) is 1.25. The predicted molar refractivity (Wildman–Crippen MR) is 100 cm³/mol. The maximum absolute atomic E-state index is 15.0. The lowest BCUT2D eigenvalue weighted by atomic mass is 10.1. The topological polar surface area (TPSA) is 113 Å². The van der Waals surface area contributed by atoms with Crippen LogP contribution in [0, 0.1) is 18.4 Å². The van der Waals surface area contributed by atoms with E-state index in [9.17, 15) is 5.26 Å². The average molecular weight is 402 g/mol. The van der Waals surface area contributed by atoms with Crippen molar-refractivity contribution in [1.29, 1.82) is 5.26 Å². The Labute approximate surface area is 168 Å². The molecule has 11 heteroatoms. The maximum Gasteiger partial charge on any atom is 0.294 e. The second-order valence-electron chi connectivity index (χ2n) is 6.71. The lowest BCUT2D eigenvalue weighted by Crippen LogP contribution is -2.36. The van der Waals surface area contributed by atoms with Crippen molar-refractivity contribution in [3.05, 3.63) is 48.4 Å². The van der Waals surface area contributed by atoms with Gasteiger partial charge in [-0.3, -0.25) is 9.47 Å². The van der Waals surface area contributed by atoms with Crippen LogP contribution in [-0.2, 0) is 0 Å². The van der Waals surface area contributed by atoms with E-state index >= 15 is 4.39 Å². The van der Waals surface area contributed by atoms with Crippen molar-refractivity contribution in [3.8, 4) is 40.9 Å².